The molecule has 3 aromatic carbocycles. The van der Waals surface area contributed by atoms with E-state index in [9.17, 15) is 15.0 Å². The average molecular weight is 615 g/mol. The van der Waals surface area contributed by atoms with E-state index in [1.165, 1.54) is 30.6 Å². The van der Waals surface area contributed by atoms with Gasteiger partial charge in [0.05, 0.1) is 33.5 Å². The summed E-state index contributed by atoms with van der Waals surface area (Å²) in [5.74, 6) is 0.518. The number of rotatable bonds is 19. The van der Waals surface area contributed by atoms with Crippen molar-refractivity contribution in [2.24, 2.45) is 0 Å². The number of aliphatic hydroxyl groups excluding tert-OH is 2. The lowest BCUT2D eigenvalue weighted by Gasteiger charge is -2.41. The molecule has 7 nitrogen and oxygen atoms in total. The molecule has 2 N–H and O–H groups in total. The number of esters is 1. The van der Waals surface area contributed by atoms with E-state index >= 15 is 0 Å². The second-order valence-electron chi connectivity index (χ2n) is 9.56. The molecule has 3 aromatic rings. The zero-order valence-corrected chi connectivity index (χ0v) is 26.1. The molecular formula is C33H42O7S2. The minimum atomic E-state index is -1.40. The summed E-state index contributed by atoms with van der Waals surface area (Å²) in [5, 5.41) is 23.6. The molecule has 0 aliphatic rings. The van der Waals surface area contributed by atoms with Crippen LogP contribution in [0.3, 0.4) is 0 Å². The second-order valence-corrected chi connectivity index (χ2v) is 12.8. The number of carbonyl (C=O) groups excluding carboxylic acids is 1. The summed E-state index contributed by atoms with van der Waals surface area (Å²) in [6.07, 6.45) is -4.73. The van der Waals surface area contributed by atoms with Gasteiger partial charge in [-0.1, -0.05) is 105 Å². The summed E-state index contributed by atoms with van der Waals surface area (Å²) in [4.78, 5) is 13.3. The Morgan fingerprint density at radius 1 is 0.714 bits per heavy atom. The molecule has 3 rings (SSSR count). The molecule has 228 valence electrons. The Hall–Kier alpha value is -2.37. The molecule has 0 unspecified atom stereocenters. The maximum atomic E-state index is 13.3. The van der Waals surface area contributed by atoms with Gasteiger partial charge in [0.25, 0.3) is 0 Å². The highest BCUT2D eigenvalue weighted by molar-refractivity contribution is 8.19. The van der Waals surface area contributed by atoms with Crippen molar-refractivity contribution in [2.45, 2.75) is 62.2 Å². The van der Waals surface area contributed by atoms with Gasteiger partial charge in [-0.2, -0.15) is 0 Å². The molecule has 4 atom stereocenters. The van der Waals surface area contributed by atoms with E-state index in [2.05, 4.69) is 0 Å². The van der Waals surface area contributed by atoms with Crippen LogP contribution >= 0.6 is 23.5 Å². The molecule has 0 radical (unpaired) electrons. The molecule has 0 saturated heterocycles. The lowest BCUT2D eigenvalue weighted by molar-refractivity contribution is -0.181. The minimum absolute atomic E-state index is 0.0701. The van der Waals surface area contributed by atoms with Crippen LogP contribution in [0.2, 0.25) is 0 Å². The van der Waals surface area contributed by atoms with Crippen LogP contribution in [0.5, 0.6) is 0 Å². The van der Waals surface area contributed by atoms with Crippen LogP contribution in [0, 0.1) is 0 Å². The predicted molar refractivity (Wildman–Crippen MR) is 169 cm³/mol. The first-order chi connectivity index (χ1) is 20.4. The fourth-order valence-electron chi connectivity index (χ4n) is 4.53. The van der Waals surface area contributed by atoms with Crippen molar-refractivity contribution in [3.63, 3.8) is 0 Å². The van der Waals surface area contributed by atoms with Crippen LogP contribution in [-0.4, -0.2) is 69.9 Å². The molecule has 0 heterocycles. The highest BCUT2D eigenvalue weighted by Gasteiger charge is 2.53. The van der Waals surface area contributed by atoms with Gasteiger partial charge in [0, 0.05) is 0 Å². The Morgan fingerprint density at radius 2 is 1.14 bits per heavy atom. The van der Waals surface area contributed by atoms with Gasteiger partial charge in [0.1, 0.15) is 24.4 Å². The lowest BCUT2D eigenvalue weighted by Crippen LogP contribution is -2.58. The Labute approximate surface area is 257 Å². The molecule has 0 bridgehead atoms. The van der Waals surface area contributed by atoms with Gasteiger partial charge in [0.2, 0.25) is 0 Å². The largest absolute Gasteiger partial charge is 0.467 e. The summed E-state index contributed by atoms with van der Waals surface area (Å²) >= 11 is 2.58. The molecular weight excluding hydrogens is 572 g/mol. The van der Waals surface area contributed by atoms with Crippen LogP contribution < -0.4 is 0 Å². The summed E-state index contributed by atoms with van der Waals surface area (Å²) < 4.78 is 22.4. The topological polar surface area (TPSA) is 94.5 Å². The number of methoxy groups -OCH3 is 1. The number of benzene rings is 3. The van der Waals surface area contributed by atoms with Crippen molar-refractivity contribution < 1.29 is 34.0 Å². The number of hydrogen-bond acceptors (Lipinski definition) is 9. The van der Waals surface area contributed by atoms with Crippen LogP contribution in [-0.2, 0) is 43.6 Å². The number of hydrogen-bond donors (Lipinski definition) is 2. The van der Waals surface area contributed by atoms with Gasteiger partial charge in [-0.05, 0) is 28.2 Å². The van der Waals surface area contributed by atoms with Crippen molar-refractivity contribution in [1.82, 2.24) is 0 Å². The molecule has 0 fully saturated rings. The van der Waals surface area contributed by atoms with Crippen molar-refractivity contribution in [3.05, 3.63) is 108 Å². The van der Waals surface area contributed by atoms with E-state index in [1.54, 1.807) is 0 Å². The first kappa shape index (κ1) is 34.1. The van der Waals surface area contributed by atoms with Crippen LogP contribution in [0.1, 0.15) is 30.5 Å². The highest BCUT2D eigenvalue weighted by atomic mass is 32.2. The lowest BCUT2D eigenvalue weighted by atomic mass is 9.99. The Kier molecular flexibility index (Phi) is 14.9. The zero-order chi connectivity index (χ0) is 30.2. The van der Waals surface area contributed by atoms with Gasteiger partial charge in [-0.3, -0.25) is 0 Å². The quantitative estimate of drug-likeness (QED) is 0.135. The summed E-state index contributed by atoms with van der Waals surface area (Å²) in [5.41, 5.74) is 2.73. The van der Waals surface area contributed by atoms with E-state index in [0.29, 0.717) is 18.1 Å². The highest BCUT2D eigenvalue weighted by Crippen LogP contribution is 2.44. The zero-order valence-electron chi connectivity index (χ0n) is 24.5. The minimum Gasteiger partial charge on any atom is -0.467 e. The molecule has 0 aliphatic heterocycles. The van der Waals surface area contributed by atoms with Gasteiger partial charge in [0.15, 0.2) is 4.08 Å². The van der Waals surface area contributed by atoms with Crippen molar-refractivity contribution >= 4 is 29.5 Å². The first-order valence-corrected chi connectivity index (χ1v) is 16.1. The molecule has 42 heavy (non-hydrogen) atoms. The third kappa shape index (κ3) is 9.84. The first-order valence-electron chi connectivity index (χ1n) is 14.1. The van der Waals surface area contributed by atoms with Crippen molar-refractivity contribution in [3.8, 4) is 0 Å². The Bertz CT molecular complexity index is 1140. The molecule has 0 aromatic heterocycles. The standard InChI is InChI=1S/C33H42O7S2/c1-4-41-33(42-5-2,32(36)37-3)31(35)30(40-23-27-19-13-8-14-20-27)29(39-22-26-17-11-7-12-18-26)28(34)24-38-21-25-15-9-6-10-16-25/h6-20,28-31,34-35H,4-5,21-24H2,1-3H3/t28-,29-,30+,31-/m1/s1. The maximum absolute atomic E-state index is 13.3. The third-order valence-electron chi connectivity index (χ3n) is 6.56. The smallest absolute Gasteiger partial charge is 0.335 e. The van der Waals surface area contributed by atoms with Gasteiger partial charge in [-0.25, -0.2) is 4.79 Å². The maximum Gasteiger partial charge on any atom is 0.335 e. The molecule has 0 aliphatic carbocycles. The van der Waals surface area contributed by atoms with E-state index in [0.717, 1.165) is 16.7 Å². The number of carbonyl (C=O) groups is 1. The summed E-state index contributed by atoms with van der Waals surface area (Å²) in [6, 6.07) is 28.8. The number of aliphatic hydroxyl groups is 2. The van der Waals surface area contributed by atoms with Gasteiger partial charge < -0.3 is 29.2 Å². The van der Waals surface area contributed by atoms with Crippen LogP contribution in [0.15, 0.2) is 91.0 Å². The van der Waals surface area contributed by atoms with Crippen molar-refractivity contribution in [1.29, 1.82) is 0 Å². The van der Waals surface area contributed by atoms with E-state index in [4.69, 9.17) is 18.9 Å². The van der Waals surface area contributed by atoms with Crippen LogP contribution in [0.4, 0.5) is 0 Å². The van der Waals surface area contributed by atoms with Gasteiger partial charge >= 0.3 is 5.97 Å². The fourth-order valence-corrected chi connectivity index (χ4v) is 7.44. The average Bonchev–Trinajstić information content (AvgIpc) is 3.03. The molecule has 0 spiro atoms. The summed E-state index contributed by atoms with van der Waals surface area (Å²) in [6.45, 7) is 4.36. The van der Waals surface area contributed by atoms with Gasteiger partial charge in [-0.15, -0.1) is 23.5 Å². The number of ether oxygens (including phenoxy) is 4. The SMILES string of the molecule is CCSC(SCC)(C(=O)OC)[C@H](O)[C@@H](OCc1ccccc1)[C@H](OCc1ccccc1)[C@H](O)COCc1ccccc1. The fraction of sp³-hybridized carbons (Fsp3) is 0.424. The molecule has 0 amide bonds. The third-order valence-corrected chi connectivity index (χ3v) is 9.52. The Balaban J connectivity index is 1.96. The van der Waals surface area contributed by atoms with E-state index < -0.39 is 34.5 Å². The van der Waals surface area contributed by atoms with E-state index in [1.807, 2.05) is 105 Å². The second kappa shape index (κ2) is 18.3. The molecule has 9 heteroatoms. The summed E-state index contributed by atoms with van der Waals surface area (Å²) in [7, 11) is 1.31. The number of thioether (sulfide) groups is 2. The van der Waals surface area contributed by atoms with E-state index in [-0.39, 0.29) is 19.8 Å². The van der Waals surface area contributed by atoms with Crippen molar-refractivity contribution in [2.75, 3.05) is 25.2 Å². The normalized spacial score (nSPS) is 14.6. The Morgan fingerprint density at radius 3 is 1.57 bits per heavy atom. The monoisotopic (exact) mass is 614 g/mol. The predicted octanol–water partition coefficient (Wildman–Crippen LogP) is 5.47. The van der Waals surface area contributed by atoms with Crippen LogP contribution in [0.25, 0.3) is 0 Å². The molecule has 0 saturated carbocycles.